The molecule has 1 atom stereocenters. The molecule has 0 spiro atoms. The first-order valence-electron chi connectivity index (χ1n) is 6.51. The molecule has 1 N–H and O–H groups in total. The molecule has 0 heterocycles. The number of nitrogens with zero attached hydrogens (tertiary/aromatic N) is 1. The van der Waals surface area contributed by atoms with Crippen LogP contribution in [0.3, 0.4) is 0 Å². The van der Waals surface area contributed by atoms with Crippen LogP contribution in [-0.2, 0) is 13.6 Å². The van der Waals surface area contributed by atoms with Gasteiger partial charge >= 0.3 is 7.60 Å². The van der Waals surface area contributed by atoms with E-state index >= 15 is 0 Å². The Morgan fingerprint density at radius 2 is 1.68 bits per heavy atom. The zero-order valence-electron chi connectivity index (χ0n) is 12.0. The molecule has 0 aromatic rings. The van der Waals surface area contributed by atoms with Crippen molar-refractivity contribution in [3.63, 3.8) is 0 Å². The van der Waals surface area contributed by atoms with Crippen LogP contribution >= 0.6 is 7.60 Å². The third-order valence-electron chi connectivity index (χ3n) is 2.33. The lowest BCUT2D eigenvalue weighted by molar-refractivity contribution is 0.129. The van der Waals surface area contributed by atoms with Crippen LogP contribution in [-0.4, -0.2) is 55.1 Å². The van der Waals surface area contributed by atoms with E-state index in [0.717, 1.165) is 0 Å². The highest BCUT2D eigenvalue weighted by atomic mass is 31.2. The molecule has 0 aromatic heterocycles. The molecule has 1 unspecified atom stereocenters. The number of hydrogen-bond acceptors (Lipinski definition) is 5. The van der Waals surface area contributed by atoms with Gasteiger partial charge in [0, 0.05) is 19.6 Å². The Labute approximate surface area is 116 Å². The van der Waals surface area contributed by atoms with Crippen LogP contribution in [0.15, 0.2) is 25.3 Å². The number of aliphatic hydroxyl groups is 1. The number of hydrogen-bond donors (Lipinski definition) is 1. The largest absolute Gasteiger partial charge is 0.391 e. The molecule has 6 heteroatoms. The highest BCUT2D eigenvalue weighted by molar-refractivity contribution is 7.53. The summed E-state index contributed by atoms with van der Waals surface area (Å²) in [6.45, 7) is 13.1. The van der Waals surface area contributed by atoms with Crippen molar-refractivity contribution in [3.05, 3.63) is 25.3 Å². The van der Waals surface area contributed by atoms with Crippen LogP contribution in [0.5, 0.6) is 0 Å². The smallest absolute Gasteiger partial charge is 0.333 e. The maximum atomic E-state index is 12.3. The summed E-state index contributed by atoms with van der Waals surface area (Å²) in [4.78, 5) is 1.95. The summed E-state index contributed by atoms with van der Waals surface area (Å²) in [5.74, 6) is 0. The standard InChI is InChI=1S/C13H26NO4P/c1-5-9-14(10-6-2)11-13(15)12-19(16,17-7-3)18-8-4/h5-6,13,15H,1-2,7-12H2,3-4H3. The van der Waals surface area contributed by atoms with E-state index in [1.807, 2.05) is 4.90 Å². The van der Waals surface area contributed by atoms with Crippen molar-refractivity contribution in [3.8, 4) is 0 Å². The first-order chi connectivity index (χ1) is 9.01. The zero-order chi connectivity index (χ0) is 14.7. The molecule has 0 aliphatic heterocycles. The molecule has 0 amide bonds. The van der Waals surface area contributed by atoms with Gasteiger partial charge in [-0.1, -0.05) is 12.2 Å². The van der Waals surface area contributed by atoms with Crippen molar-refractivity contribution in [2.24, 2.45) is 0 Å². The Balaban J connectivity index is 4.45. The fourth-order valence-corrected chi connectivity index (χ4v) is 3.44. The average Bonchev–Trinajstić information content (AvgIpc) is 2.29. The van der Waals surface area contributed by atoms with Crippen molar-refractivity contribution < 1.29 is 18.7 Å². The second-order valence-corrected chi connectivity index (χ2v) is 6.18. The third kappa shape index (κ3) is 8.35. The summed E-state index contributed by atoms with van der Waals surface area (Å²) >= 11 is 0. The second-order valence-electron chi connectivity index (χ2n) is 4.08. The molecule has 112 valence electrons. The fraction of sp³-hybridized carbons (Fsp3) is 0.692. The minimum atomic E-state index is -3.20. The van der Waals surface area contributed by atoms with Gasteiger partial charge < -0.3 is 14.2 Å². The molecule has 0 aliphatic carbocycles. The van der Waals surface area contributed by atoms with E-state index < -0.39 is 13.7 Å². The van der Waals surface area contributed by atoms with Crippen molar-refractivity contribution >= 4 is 7.60 Å². The van der Waals surface area contributed by atoms with Gasteiger partial charge in [0.15, 0.2) is 0 Å². The Kier molecular flexibility index (Phi) is 10.1. The number of rotatable bonds is 12. The van der Waals surface area contributed by atoms with Gasteiger partial charge in [-0.2, -0.15) is 0 Å². The van der Waals surface area contributed by atoms with Crippen LogP contribution in [0.2, 0.25) is 0 Å². The number of aliphatic hydroxyl groups excluding tert-OH is 1. The normalized spacial score (nSPS) is 13.5. The van der Waals surface area contributed by atoms with E-state index in [9.17, 15) is 9.67 Å². The quantitative estimate of drug-likeness (QED) is 0.441. The van der Waals surface area contributed by atoms with E-state index in [1.165, 1.54) is 0 Å². The monoisotopic (exact) mass is 291 g/mol. The summed E-state index contributed by atoms with van der Waals surface area (Å²) in [6.07, 6.45) is 2.73. The summed E-state index contributed by atoms with van der Waals surface area (Å²) in [5, 5.41) is 10.0. The van der Waals surface area contributed by atoms with Crippen LogP contribution < -0.4 is 0 Å². The third-order valence-corrected chi connectivity index (χ3v) is 4.50. The first kappa shape index (κ1) is 18.6. The lowest BCUT2D eigenvalue weighted by Gasteiger charge is -2.25. The minimum absolute atomic E-state index is 0.000530. The zero-order valence-corrected chi connectivity index (χ0v) is 12.8. The Bertz CT molecular complexity index is 289. The van der Waals surface area contributed by atoms with E-state index in [2.05, 4.69) is 13.2 Å². The second kappa shape index (κ2) is 10.4. The molecule has 19 heavy (non-hydrogen) atoms. The van der Waals surface area contributed by atoms with Gasteiger partial charge in [-0.15, -0.1) is 13.2 Å². The first-order valence-corrected chi connectivity index (χ1v) is 8.24. The van der Waals surface area contributed by atoms with Crippen molar-refractivity contribution in [1.29, 1.82) is 0 Å². The summed E-state index contributed by atoms with van der Waals surface area (Å²) in [7, 11) is -3.20. The van der Waals surface area contributed by atoms with E-state index in [1.54, 1.807) is 26.0 Å². The molecule has 0 aliphatic rings. The molecular weight excluding hydrogens is 265 g/mol. The van der Waals surface area contributed by atoms with E-state index in [-0.39, 0.29) is 6.16 Å². The van der Waals surface area contributed by atoms with Crippen LogP contribution in [0.4, 0.5) is 0 Å². The van der Waals surface area contributed by atoms with Gasteiger partial charge in [0.1, 0.15) is 0 Å². The predicted octanol–water partition coefficient (Wildman–Crippen LogP) is 2.29. The Hall–Kier alpha value is -0.450. The van der Waals surface area contributed by atoms with Crippen molar-refractivity contribution in [2.75, 3.05) is 39.0 Å². The van der Waals surface area contributed by atoms with Gasteiger partial charge in [-0.3, -0.25) is 9.46 Å². The minimum Gasteiger partial charge on any atom is -0.391 e. The SMILES string of the molecule is C=CCN(CC=C)CC(O)CP(=O)(OCC)OCC. The highest BCUT2D eigenvalue weighted by Gasteiger charge is 2.28. The molecule has 0 bridgehead atoms. The maximum absolute atomic E-state index is 12.3. The average molecular weight is 291 g/mol. The molecule has 0 fully saturated rings. The lowest BCUT2D eigenvalue weighted by Crippen LogP contribution is -2.34. The van der Waals surface area contributed by atoms with Gasteiger partial charge in [0.05, 0.1) is 25.5 Å². The summed E-state index contributed by atoms with van der Waals surface area (Å²) in [5.41, 5.74) is 0. The van der Waals surface area contributed by atoms with Crippen LogP contribution in [0.25, 0.3) is 0 Å². The van der Waals surface area contributed by atoms with E-state index in [4.69, 9.17) is 9.05 Å². The Morgan fingerprint density at radius 3 is 2.05 bits per heavy atom. The van der Waals surface area contributed by atoms with Gasteiger partial charge in [-0.25, -0.2) is 0 Å². The summed E-state index contributed by atoms with van der Waals surface area (Å²) < 4.78 is 22.6. The molecule has 0 saturated heterocycles. The molecule has 0 radical (unpaired) electrons. The lowest BCUT2D eigenvalue weighted by atomic mass is 10.3. The predicted molar refractivity (Wildman–Crippen MR) is 78.6 cm³/mol. The van der Waals surface area contributed by atoms with E-state index in [0.29, 0.717) is 32.8 Å². The maximum Gasteiger partial charge on any atom is 0.333 e. The van der Waals surface area contributed by atoms with Crippen molar-refractivity contribution in [1.82, 2.24) is 4.90 Å². The van der Waals surface area contributed by atoms with Crippen LogP contribution in [0, 0.1) is 0 Å². The molecular formula is C13H26NO4P. The highest BCUT2D eigenvalue weighted by Crippen LogP contribution is 2.48. The summed E-state index contributed by atoms with van der Waals surface area (Å²) in [6, 6.07) is 0. The van der Waals surface area contributed by atoms with Crippen molar-refractivity contribution in [2.45, 2.75) is 20.0 Å². The fourth-order valence-electron chi connectivity index (χ4n) is 1.74. The van der Waals surface area contributed by atoms with Crippen LogP contribution in [0.1, 0.15) is 13.8 Å². The molecule has 0 rings (SSSR count). The van der Waals surface area contributed by atoms with Gasteiger partial charge in [0.2, 0.25) is 0 Å². The topological polar surface area (TPSA) is 59.0 Å². The van der Waals surface area contributed by atoms with Gasteiger partial charge in [-0.05, 0) is 13.8 Å². The molecule has 5 nitrogen and oxygen atoms in total. The Morgan fingerprint density at radius 1 is 1.21 bits per heavy atom. The van der Waals surface area contributed by atoms with Gasteiger partial charge in [0.25, 0.3) is 0 Å². The molecule has 0 saturated carbocycles. The molecule has 0 aromatic carbocycles.